The summed E-state index contributed by atoms with van der Waals surface area (Å²) >= 11 is 3.36. The molecular formula is C11H16BrN3O. The van der Waals surface area contributed by atoms with E-state index in [0.717, 1.165) is 10.0 Å². The molecule has 0 radical (unpaired) electrons. The van der Waals surface area contributed by atoms with Crippen molar-refractivity contribution in [1.29, 1.82) is 0 Å². The molecule has 1 amide bonds. The predicted octanol–water partition coefficient (Wildman–Crippen LogP) is 1.41. The highest BCUT2D eigenvalue weighted by Crippen LogP contribution is 2.09. The van der Waals surface area contributed by atoms with Gasteiger partial charge in [0, 0.05) is 37.5 Å². The zero-order valence-electron chi connectivity index (χ0n) is 9.70. The summed E-state index contributed by atoms with van der Waals surface area (Å²) in [6, 6.07) is 1.79. The van der Waals surface area contributed by atoms with E-state index < -0.39 is 0 Å². The van der Waals surface area contributed by atoms with Crippen molar-refractivity contribution in [3.63, 3.8) is 0 Å². The number of halogens is 1. The third kappa shape index (κ3) is 3.90. The average molecular weight is 286 g/mol. The van der Waals surface area contributed by atoms with Gasteiger partial charge in [-0.2, -0.15) is 0 Å². The van der Waals surface area contributed by atoms with Gasteiger partial charge in [0.25, 0.3) is 0 Å². The number of hydrogen-bond donors (Lipinski definition) is 1. The molecule has 88 valence electrons. The van der Waals surface area contributed by atoms with Crippen molar-refractivity contribution in [1.82, 2.24) is 15.2 Å². The van der Waals surface area contributed by atoms with Gasteiger partial charge < -0.3 is 10.2 Å². The zero-order valence-corrected chi connectivity index (χ0v) is 11.3. The number of rotatable bonds is 4. The second-order valence-electron chi connectivity index (χ2n) is 3.85. The van der Waals surface area contributed by atoms with Gasteiger partial charge in [-0.05, 0) is 34.5 Å². The van der Waals surface area contributed by atoms with Gasteiger partial charge >= 0.3 is 0 Å². The van der Waals surface area contributed by atoms with Crippen LogP contribution in [-0.4, -0.2) is 35.9 Å². The Morgan fingerprint density at radius 2 is 2.25 bits per heavy atom. The largest absolute Gasteiger partial charge is 0.347 e. The summed E-state index contributed by atoms with van der Waals surface area (Å²) in [5, 5.41) is 3.16. The van der Waals surface area contributed by atoms with Crippen LogP contribution in [0.3, 0.4) is 0 Å². The number of amides is 1. The zero-order chi connectivity index (χ0) is 12.1. The van der Waals surface area contributed by atoms with Gasteiger partial charge in [-0.1, -0.05) is 0 Å². The van der Waals surface area contributed by atoms with Crippen LogP contribution in [0.4, 0.5) is 0 Å². The topological polar surface area (TPSA) is 45.2 Å². The van der Waals surface area contributed by atoms with Gasteiger partial charge in [0.1, 0.15) is 0 Å². The van der Waals surface area contributed by atoms with Crippen molar-refractivity contribution in [2.45, 2.75) is 19.5 Å². The van der Waals surface area contributed by atoms with Gasteiger partial charge in [-0.3, -0.25) is 9.78 Å². The fourth-order valence-electron chi connectivity index (χ4n) is 1.30. The molecule has 5 heteroatoms. The van der Waals surface area contributed by atoms with Crippen LogP contribution in [0.15, 0.2) is 22.9 Å². The second kappa shape index (κ2) is 5.96. The van der Waals surface area contributed by atoms with Gasteiger partial charge in [0.15, 0.2) is 0 Å². The number of pyridine rings is 1. The molecule has 1 heterocycles. The minimum Gasteiger partial charge on any atom is -0.347 e. The molecule has 1 unspecified atom stereocenters. The Labute approximate surface area is 104 Å². The van der Waals surface area contributed by atoms with Crippen LogP contribution in [0, 0.1) is 0 Å². The summed E-state index contributed by atoms with van der Waals surface area (Å²) < 4.78 is 0.943. The SMILES string of the molecule is CC(NCc1cncc(Br)c1)C(=O)N(C)C. The normalized spacial score (nSPS) is 12.2. The first-order valence-corrected chi connectivity index (χ1v) is 5.84. The number of likely N-dealkylation sites (N-methyl/N-ethyl adjacent to an activating group) is 1. The molecular weight excluding hydrogens is 270 g/mol. The maximum Gasteiger partial charge on any atom is 0.238 e. The number of carbonyl (C=O) groups excluding carboxylic acids is 1. The van der Waals surface area contributed by atoms with Gasteiger partial charge in [0.2, 0.25) is 5.91 Å². The maximum atomic E-state index is 11.6. The van der Waals surface area contributed by atoms with Crippen molar-refractivity contribution < 1.29 is 4.79 Å². The fraction of sp³-hybridized carbons (Fsp3) is 0.455. The highest BCUT2D eigenvalue weighted by molar-refractivity contribution is 9.10. The second-order valence-corrected chi connectivity index (χ2v) is 4.76. The highest BCUT2D eigenvalue weighted by atomic mass is 79.9. The Morgan fingerprint density at radius 3 is 2.81 bits per heavy atom. The molecule has 1 aromatic heterocycles. The van der Waals surface area contributed by atoms with Crippen LogP contribution in [-0.2, 0) is 11.3 Å². The van der Waals surface area contributed by atoms with Crippen LogP contribution in [0.1, 0.15) is 12.5 Å². The first-order chi connectivity index (χ1) is 7.50. The van der Waals surface area contributed by atoms with Crippen molar-refractivity contribution >= 4 is 21.8 Å². The van der Waals surface area contributed by atoms with E-state index in [9.17, 15) is 4.79 Å². The average Bonchev–Trinajstić information content (AvgIpc) is 2.24. The number of nitrogens with one attached hydrogen (secondary N) is 1. The Bertz CT molecular complexity index is 368. The first kappa shape index (κ1) is 13.1. The smallest absolute Gasteiger partial charge is 0.238 e. The standard InChI is InChI=1S/C11H16BrN3O/c1-8(11(16)15(2)3)14-6-9-4-10(12)7-13-5-9/h4-5,7-8,14H,6H2,1-3H3. The lowest BCUT2D eigenvalue weighted by Crippen LogP contribution is -2.41. The van der Waals surface area contributed by atoms with Crippen LogP contribution < -0.4 is 5.32 Å². The van der Waals surface area contributed by atoms with E-state index in [4.69, 9.17) is 0 Å². The molecule has 0 bridgehead atoms. The van der Waals surface area contributed by atoms with E-state index in [1.165, 1.54) is 0 Å². The quantitative estimate of drug-likeness (QED) is 0.910. The van der Waals surface area contributed by atoms with E-state index >= 15 is 0 Å². The molecule has 1 aromatic rings. The summed E-state index contributed by atoms with van der Waals surface area (Å²) in [7, 11) is 3.50. The van der Waals surface area contributed by atoms with Crippen molar-refractivity contribution in [2.75, 3.05) is 14.1 Å². The van der Waals surface area contributed by atoms with Crippen LogP contribution in [0.2, 0.25) is 0 Å². The minimum atomic E-state index is -0.186. The molecule has 0 aliphatic heterocycles. The fourth-order valence-corrected chi connectivity index (χ4v) is 1.71. The van der Waals surface area contributed by atoms with E-state index in [0.29, 0.717) is 6.54 Å². The van der Waals surface area contributed by atoms with Crippen molar-refractivity contribution in [2.24, 2.45) is 0 Å². The van der Waals surface area contributed by atoms with Crippen LogP contribution in [0.25, 0.3) is 0 Å². The molecule has 0 aliphatic carbocycles. The predicted molar refractivity (Wildman–Crippen MR) is 66.9 cm³/mol. The molecule has 0 aliphatic rings. The molecule has 1 atom stereocenters. The lowest BCUT2D eigenvalue weighted by atomic mass is 10.2. The van der Waals surface area contributed by atoms with Crippen LogP contribution >= 0.6 is 15.9 Å². The van der Waals surface area contributed by atoms with Gasteiger partial charge in [0.05, 0.1) is 6.04 Å². The molecule has 1 N–H and O–H groups in total. The molecule has 0 spiro atoms. The Balaban J connectivity index is 2.49. The summed E-state index contributed by atoms with van der Waals surface area (Å²) in [6.07, 6.45) is 3.52. The summed E-state index contributed by atoms with van der Waals surface area (Å²) in [6.45, 7) is 2.49. The number of nitrogens with zero attached hydrogens (tertiary/aromatic N) is 2. The third-order valence-electron chi connectivity index (χ3n) is 2.19. The maximum absolute atomic E-state index is 11.6. The van der Waals surface area contributed by atoms with E-state index in [1.807, 2.05) is 13.0 Å². The molecule has 4 nitrogen and oxygen atoms in total. The van der Waals surface area contributed by atoms with E-state index in [2.05, 4.69) is 26.2 Å². The number of aromatic nitrogens is 1. The lowest BCUT2D eigenvalue weighted by molar-refractivity contribution is -0.130. The molecule has 16 heavy (non-hydrogen) atoms. The molecule has 0 aromatic carbocycles. The molecule has 1 rings (SSSR count). The summed E-state index contributed by atoms with van der Waals surface area (Å²) in [5.41, 5.74) is 1.05. The Hall–Kier alpha value is -0.940. The molecule has 0 saturated heterocycles. The van der Waals surface area contributed by atoms with Gasteiger partial charge in [-0.25, -0.2) is 0 Å². The Morgan fingerprint density at radius 1 is 1.56 bits per heavy atom. The van der Waals surface area contributed by atoms with Crippen molar-refractivity contribution in [3.05, 3.63) is 28.5 Å². The summed E-state index contributed by atoms with van der Waals surface area (Å²) in [4.78, 5) is 17.2. The van der Waals surface area contributed by atoms with Gasteiger partial charge in [-0.15, -0.1) is 0 Å². The number of hydrogen-bond acceptors (Lipinski definition) is 3. The third-order valence-corrected chi connectivity index (χ3v) is 2.62. The van der Waals surface area contributed by atoms with E-state index in [1.54, 1.807) is 31.4 Å². The molecule has 0 fully saturated rings. The molecule has 0 saturated carbocycles. The van der Waals surface area contributed by atoms with Crippen LogP contribution in [0.5, 0.6) is 0 Å². The first-order valence-electron chi connectivity index (χ1n) is 5.04. The monoisotopic (exact) mass is 285 g/mol. The number of carbonyl (C=O) groups is 1. The van der Waals surface area contributed by atoms with E-state index in [-0.39, 0.29) is 11.9 Å². The van der Waals surface area contributed by atoms with Crippen molar-refractivity contribution in [3.8, 4) is 0 Å². The minimum absolute atomic E-state index is 0.0722. The highest BCUT2D eigenvalue weighted by Gasteiger charge is 2.13. The lowest BCUT2D eigenvalue weighted by Gasteiger charge is -2.17. The summed E-state index contributed by atoms with van der Waals surface area (Å²) in [5.74, 6) is 0.0722. The Kier molecular flexibility index (Phi) is 4.89.